The van der Waals surface area contributed by atoms with E-state index in [1.165, 1.54) is 6.07 Å². The molecular formula is C46H46F5N9O4. The number of alkyl halides is 4. The molecule has 0 unspecified atom stereocenters. The summed E-state index contributed by atoms with van der Waals surface area (Å²) in [6, 6.07) is 18.5. The molecule has 3 aliphatic rings. The average molecular weight is 884 g/mol. The predicted octanol–water partition coefficient (Wildman–Crippen LogP) is 8.36. The SMILES string of the molecule is COc1ccc(CN(Cc2ccc(OC)cc2)c2cc(-c3nc4c5c(nc(OC[C@@]67CCCN6C[C@H](F)C7)nc5c3F)N([C@H](C)c3cccnc3N)CCO4)c(C(F)(F)F)cn2)cc1. The number of halogens is 5. The van der Waals surface area contributed by atoms with E-state index in [0.29, 0.717) is 36.2 Å². The quantitative estimate of drug-likeness (QED) is 0.111. The molecule has 18 heteroatoms. The molecule has 4 aromatic heterocycles. The van der Waals surface area contributed by atoms with Gasteiger partial charge in [0.05, 0.1) is 37.9 Å². The second-order valence-electron chi connectivity index (χ2n) is 16.3. The number of nitrogens with zero attached hydrogens (tertiary/aromatic N) is 8. The summed E-state index contributed by atoms with van der Waals surface area (Å²) in [5.74, 6) is 0.499. The summed E-state index contributed by atoms with van der Waals surface area (Å²) in [6.07, 6.45) is -1.94. The van der Waals surface area contributed by atoms with Crippen LogP contribution >= 0.6 is 0 Å². The fourth-order valence-corrected chi connectivity index (χ4v) is 9.14. The molecule has 334 valence electrons. The Labute approximate surface area is 366 Å². The highest BCUT2D eigenvalue weighted by atomic mass is 19.4. The molecule has 6 aromatic rings. The minimum absolute atomic E-state index is 0.00852. The fraction of sp³-hybridized carbons (Fsp3) is 0.370. The first-order valence-corrected chi connectivity index (χ1v) is 21.0. The lowest BCUT2D eigenvalue weighted by atomic mass is 9.95. The molecule has 0 amide bonds. The summed E-state index contributed by atoms with van der Waals surface area (Å²) in [4.78, 5) is 28.1. The first-order chi connectivity index (χ1) is 30.8. The third-order valence-electron chi connectivity index (χ3n) is 12.4. The summed E-state index contributed by atoms with van der Waals surface area (Å²) in [7, 11) is 3.10. The standard InChI is InChI=1S/C46H46F5N9O4/c1-27(33-6-4-16-53-41(33)52)60-18-19-63-43-37-40(56-44(57-42(37)60)64-26-45-15-5-17-59(45)25-30(47)21-45)38(48)39(55-43)34-20-36(54-22-35(34)46(49,50)51)58(23-28-7-11-31(61-2)12-8-28)24-29-9-13-32(62-3)14-10-29/h4,6-14,16,20,22,27,30H,5,15,17-19,21,23-26H2,1-3H3,(H2,52,53)/t27-,30-,45+/m1/s1. The van der Waals surface area contributed by atoms with Crippen molar-refractivity contribution >= 4 is 28.4 Å². The van der Waals surface area contributed by atoms with E-state index in [1.807, 2.05) is 42.2 Å². The van der Waals surface area contributed by atoms with Crippen LogP contribution < -0.4 is 34.5 Å². The van der Waals surface area contributed by atoms with Crippen molar-refractivity contribution in [2.75, 3.05) is 62.6 Å². The Bertz CT molecular complexity index is 2610. The Morgan fingerprint density at radius 2 is 1.66 bits per heavy atom. The zero-order valence-electron chi connectivity index (χ0n) is 35.4. The van der Waals surface area contributed by atoms with E-state index < -0.39 is 46.6 Å². The Kier molecular flexibility index (Phi) is 11.5. The third kappa shape index (κ3) is 8.21. The monoisotopic (exact) mass is 883 g/mol. The number of nitrogens with two attached hydrogens (primary N) is 1. The molecule has 7 heterocycles. The number of ether oxygens (including phenoxy) is 4. The molecule has 2 N–H and O–H groups in total. The number of nitrogen functional groups attached to an aromatic ring is 1. The van der Waals surface area contributed by atoms with Crippen molar-refractivity contribution in [3.8, 4) is 34.6 Å². The van der Waals surface area contributed by atoms with Crippen LogP contribution in [0, 0.1) is 5.82 Å². The second kappa shape index (κ2) is 17.2. The predicted molar refractivity (Wildman–Crippen MR) is 230 cm³/mol. The van der Waals surface area contributed by atoms with E-state index in [9.17, 15) is 4.39 Å². The number of fused-ring (bicyclic) bond motifs is 1. The second-order valence-corrected chi connectivity index (χ2v) is 16.3. The van der Waals surface area contributed by atoms with E-state index in [-0.39, 0.29) is 86.1 Å². The van der Waals surface area contributed by atoms with Crippen LogP contribution in [0.1, 0.15) is 54.5 Å². The Morgan fingerprint density at radius 3 is 2.31 bits per heavy atom. The van der Waals surface area contributed by atoms with Gasteiger partial charge in [-0.2, -0.15) is 23.1 Å². The van der Waals surface area contributed by atoms with Crippen molar-refractivity contribution in [3.63, 3.8) is 0 Å². The van der Waals surface area contributed by atoms with Crippen molar-refractivity contribution in [3.05, 3.63) is 107 Å². The molecular weight excluding hydrogens is 838 g/mol. The van der Waals surface area contributed by atoms with Crippen LogP contribution in [0.2, 0.25) is 0 Å². The lowest BCUT2D eigenvalue weighted by Crippen LogP contribution is -2.43. The van der Waals surface area contributed by atoms with Crippen molar-refractivity contribution in [2.24, 2.45) is 0 Å². The minimum Gasteiger partial charge on any atom is -0.497 e. The van der Waals surface area contributed by atoms with E-state index in [4.69, 9.17) is 29.7 Å². The van der Waals surface area contributed by atoms with Gasteiger partial charge in [0, 0.05) is 49.6 Å². The zero-order valence-corrected chi connectivity index (χ0v) is 35.4. The summed E-state index contributed by atoms with van der Waals surface area (Å²) in [6.45, 7) is 3.50. The molecule has 13 nitrogen and oxygen atoms in total. The van der Waals surface area contributed by atoms with Gasteiger partial charge < -0.3 is 34.5 Å². The maximum absolute atomic E-state index is 17.7. The van der Waals surface area contributed by atoms with Crippen LogP contribution in [0.3, 0.4) is 0 Å². The van der Waals surface area contributed by atoms with Gasteiger partial charge in [0.2, 0.25) is 5.88 Å². The molecule has 0 spiro atoms. The number of pyridine rings is 3. The van der Waals surface area contributed by atoms with Crippen molar-refractivity contribution in [1.29, 1.82) is 0 Å². The van der Waals surface area contributed by atoms with Gasteiger partial charge in [-0.25, -0.2) is 23.7 Å². The van der Waals surface area contributed by atoms with Gasteiger partial charge in [0.15, 0.2) is 5.82 Å². The smallest absolute Gasteiger partial charge is 0.418 e. The van der Waals surface area contributed by atoms with E-state index in [0.717, 1.165) is 17.5 Å². The number of anilines is 3. The molecule has 2 fully saturated rings. The summed E-state index contributed by atoms with van der Waals surface area (Å²) in [5, 5.41) is 0.0363. The summed E-state index contributed by atoms with van der Waals surface area (Å²) in [5.41, 5.74) is 5.18. The minimum atomic E-state index is -4.97. The van der Waals surface area contributed by atoms with Gasteiger partial charge in [-0.05, 0) is 73.8 Å². The van der Waals surface area contributed by atoms with Gasteiger partial charge in [0.1, 0.15) is 64.9 Å². The highest BCUT2D eigenvalue weighted by Crippen LogP contribution is 2.46. The van der Waals surface area contributed by atoms with Gasteiger partial charge >= 0.3 is 12.2 Å². The Balaban J connectivity index is 1.19. The largest absolute Gasteiger partial charge is 0.497 e. The Morgan fingerprint density at radius 1 is 0.953 bits per heavy atom. The summed E-state index contributed by atoms with van der Waals surface area (Å²) >= 11 is 0. The van der Waals surface area contributed by atoms with Crippen LogP contribution in [-0.4, -0.2) is 88.6 Å². The molecule has 0 bridgehead atoms. The molecule has 3 aliphatic heterocycles. The zero-order chi connectivity index (χ0) is 44.8. The van der Waals surface area contributed by atoms with Gasteiger partial charge in [0.25, 0.3) is 0 Å². The van der Waals surface area contributed by atoms with E-state index in [1.54, 1.807) is 55.6 Å². The maximum Gasteiger partial charge on any atom is 0.418 e. The van der Waals surface area contributed by atoms with Crippen LogP contribution in [-0.2, 0) is 19.3 Å². The van der Waals surface area contributed by atoms with Crippen molar-refractivity contribution in [2.45, 2.75) is 63.2 Å². The number of methoxy groups -OCH3 is 2. The maximum atomic E-state index is 17.7. The number of hydrogen-bond donors (Lipinski definition) is 1. The molecule has 0 saturated carbocycles. The normalized spacial score (nSPS) is 18.9. The van der Waals surface area contributed by atoms with Crippen molar-refractivity contribution in [1.82, 2.24) is 29.8 Å². The van der Waals surface area contributed by atoms with Crippen LogP contribution in [0.25, 0.3) is 22.2 Å². The van der Waals surface area contributed by atoms with Gasteiger partial charge in [-0.3, -0.25) is 4.90 Å². The molecule has 2 aromatic carbocycles. The van der Waals surface area contributed by atoms with Crippen molar-refractivity contribution < 1.29 is 40.9 Å². The number of rotatable bonds is 13. The lowest BCUT2D eigenvalue weighted by Gasteiger charge is -2.32. The molecule has 0 aliphatic carbocycles. The number of benzene rings is 2. The van der Waals surface area contributed by atoms with Gasteiger partial charge in [-0.1, -0.05) is 30.3 Å². The lowest BCUT2D eigenvalue weighted by molar-refractivity contribution is -0.137. The Hall–Kier alpha value is -6.56. The molecule has 2 saturated heterocycles. The van der Waals surface area contributed by atoms with Gasteiger partial charge in [-0.15, -0.1) is 0 Å². The highest BCUT2D eigenvalue weighted by Gasteiger charge is 2.49. The van der Waals surface area contributed by atoms with Crippen LogP contribution in [0.5, 0.6) is 23.4 Å². The molecule has 64 heavy (non-hydrogen) atoms. The van der Waals surface area contributed by atoms with E-state index >= 15 is 17.6 Å². The first kappa shape index (κ1) is 42.7. The average Bonchev–Trinajstić information content (AvgIpc) is 3.76. The molecule has 0 radical (unpaired) electrons. The number of aromatic nitrogens is 5. The number of hydrogen-bond acceptors (Lipinski definition) is 13. The fourth-order valence-electron chi connectivity index (χ4n) is 9.14. The molecule has 3 atom stereocenters. The van der Waals surface area contributed by atoms with Crippen LogP contribution in [0.4, 0.5) is 39.4 Å². The first-order valence-electron chi connectivity index (χ1n) is 21.0. The topological polar surface area (TPSA) is 137 Å². The molecule has 9 rings (SSSR count). The summed E-state index contributed by atoms with van der Waals surface area (Å²) < 4.78 is 101. The third-order valence-corrected chi connectivity index (χ3v) is 12.4. The van der Waals surface area contributed by atoms with E-state index in [2.05, 4.69) is 24.8 Å². The highest BCUT2D eigenvalue weighted by molar-refractivity contribution is 5.97. The van der Waals surface area contributed by atoms with Crippen LogP contribution in [0.15, 0.2) is 79.1 Å².